The second-order valence-electron chi connectivity index (χ2n) is 6.47. The van der Waals surface area contributed by atoms with Gasteiger partial charge in [0, 0.05) is 19.3 Å². The highest BCUT2D eigenvalue weighted by atomic mass is 35.5. The summed E-state index contributed by atoms with van der Waals surface area (Å²) in [5, 5.41) is 5.10. The normalized spacial score (nSPS) is 12.1. The fourth-order valence-corrected chi connectivity index (χ4v) is 2.35. The quantitative estimate of drug-likeness (QED) is 0.609. The van der Waals surface area contributed by atoms with Crippen LogP contribution in [-0.2, 0) is 4.79 Å². The molecule has 0 bridgehead atoms. The second-order valence-corrected chi connectivity index (χ2v) is 6.88. The number of halogens is 3. The number of pyridine rings is 1. The molecule has 0 aliphatic carbocycles. The van der Waals surface area contributed by atoms with Crippen molar-refractivity contribution in [3.8, 4) is 5.88 Å². The van der Waals surface area contributed by atoms with Gasteiger partial charge in [0.05, 0.1) is 6.04 Å². The van der Waals surface area contributed by atoms with Crippen LogP contribution in [0.15, 0.2) is 36.7 Å². The van der Waals surface area contributed by atoms with Gasteiger partial charge < -0.3 is 10.1 Å². The highest BCUT2D eigenvalue weighted by Crippen LogP contribution is 2.28. The highest BCUT2D eigenvalue weighted by molar-refractivity contribution is 6.31. The van der Waals surface area contributed by atoms with Crippen molar-refractivity contribution in [2.75, 3.05) is 11.9 Å². The Morgan fingerprint density at radius 2 is 2.03 bits per heavy atom. The van der Waals surface area contributed by atoms with Crippen LogP contribution in [0.5, 0.6) is 5.88 Å². The van der Waals surface area contributed by atoms with Crippen molar-refractivity contribution < 1.29 is 23.1 Å². The van der Waals surface area contributed by atoms with Gasteiger partial charge in [-0.2, -0.15) is 8.78 Å². The molecule has 0 fully saturated rings. The van der Waals surface area contributed by atoms with Crippen molar-refractivity contribution in [2.24, 2.45) is 0 Å². The molecule has 0 aromatic carbocycles. The first-order chi connectivity index (χ1) is 14.0. The van der Waals surface area contributed by atoms with Crippen LogP contribution in [0.2, 0.25) is 5.02 Å². The highest BCUT2D eigenvalue weighted by Gasteiger charge is 2.31. The first-order valence-electron chi connectivity index (χ1n) is 8.73. The van der Waals surface area contributed by atoms with Crippen molar-refractivity contribution in [1.82, 2.24) is 20.3 Å². The van der Waals surface area contributed by atoms with E-state index in [1.807, 2.05) is 0 Å². The molecule has 0 aliphatic rings. The maximum Gasteiger partial charge on any atom is 0.302 e. The lowest BCUT2D eigenvalue weighted by molar-refractivity contribution is -0.114. The smallest absolute Gasteiger partial charge is 0.302 e. The van der Waals surface area contributed by atoms with E-state index in [4.69, 9.17) is 16.3 Å². The van der Waals surface area contributed by atoms with Gasteiger partial charge in [0.2, 0.25) is 17.7 Å². The van der Waals surface area contributed by atoms with Gasteiger partial charge in [0.25, 0.3) is 5.91 Å². The zero-order valence-electron chi connectivity index (χ0n) is 16.5. The van der Waals surface area contributed by atoms with Crippen molar-refractivity contribution in [3.05, 3.63) is 53.0 Å². The number of anilines is 1. The molecule has 1 unspecified atom stereocenters. The summed E-state index contributed by atoms with van der Waals surface area (Å²) in [5.74, 6) is -4.26. The largest absolute Gasteiger partial charge is 0.470 e. The Balaban J connectivity index is 2.06. The third-order valence-corrected chi connectivity index (χ3v) is 4.14. The van der Waals surface area contributed by atoms with Crippen molar-refractivity contribution in [3.63, 3.8) is 0 Å². The molecule has 2 rings (SSSR count). The lowest BCUT2D eigenvalue weighted by Crippen LogP contribution is -2.28. The van der Waals surface area contributed by atoms with E-state index in [9.17, 15) is 18.4 Å². The van der Waals surface area contributed by atoms with Crippen LogP contribution >= 0.6 is 11.6 Å². The fraction of sp³-hybridized carbons (Fsp3) is 0.316. The van der Waals surface area contributed by atoms with Gasteiger partial charge in [-0.1, -0.05) is 18.2 Å². The number of nitrogens with one attached hydrogen (secondary N) is 2. The van der Waals surface area contributed by atoms with Crippen LogP contribution in [0.25, 0.3) is 0 Å². The van der Waals surface area contributed by atoms with Gasteiger partial charge in [0.15, 0.2) is 6.61 Å². The van der Waals surface area contributed by atoms with E-state index in [0.29, 0.717) is 5.56 Å². The molecule has 0 spiro atoms. The number of alkyl halides is 2. The maximum atomic E-state index is 13.6. The molecule has 1 atom stereocenters. The number of amides is 2. The van der Waals surface area contributed by atoms with Gasteiger partial charge in [-0.3, -0.25) is 14.9 Å². The molecule has 2 heterocycles. The summed E-state index contributed by atoms with van der Waals surface area (Å²) in [6, 6.07) is 2.31. The summed E-state index contributed by atoms with van der Waals surface area (Å²) in [5.41, 5.74) is 0.225. The Kier molecular flexibility index (Phi) is 7.38. The summed E-state index contributed by atoms with van der Waals surface area (Å²) >= 11 is 6.08. The molecule has 2 amide bonds. The average Bonchev–Trinajstić information content (AvgIpc) is 2.66. The third-order valence-electron chi connectivity index (χ3n) is 3.87. The fourth-order valence-electron chi connectivity index (χ4n) is 2.12. The minimum absolute atomic E-state index is 0.000536. The van der Waals surface area contributed by atoms with Crippen LogP contribution in [0.3, 0.4) is 0 Å². The zero-order valence-corrected chi connectivity index (χ0v) is 17.3. The van der Waals surface area contributed by atoms with E-state index in [-0.39, 0.29) is 34.0 Å². The van der Waals surface area contributed by atoms with Crippen LogP contribution < -0.4 is 15.4 Å². The Bertz CT molecular complexity index is 971. The number of hydrogen-bond acceptors (Lipinski definition) is 6. The topological polar surface area (TPSA) is 106 Å². The van der Waals surface area contributed by atoms with E-state index in [1.165, 1.54) is 38.4 Å². The van der Waals surface area contributed by atoms with Crippen molar-refractivity contribution in [1.29, 1.82) is 0 Å². The molecule has 8 nitrogen and oxygen atoms in total. The van der Waals surface area contributed by atoms with E-state index in [0.717, 1.165) is 0 Å². The number of rotatable bonds is 8. The van der Waals surface area contributed by atoms with E-state index >= 15 is 0 Å². The summed E-state index contributed by atoms with van der Waals surface area (Å²) in [4.78, 5) is 35.2. The second kappa shape index (κ2) is 9.57. The molecule has 11 heteroatoms. The summed E-state index contributed by atoms with van der Waals surface area (Å²) < 4.78 is 32.2. The van der Waals surface area contributed by atoms with Crippen LogP contribution in [-0.4, -0.2) is 39.3 Å². The zero-order chi connectivity index (χ0) is 22.5. The predicted molar refractivity (Wildman–Crippen MR) is 107 cm³/mol. The number of carbonyl (C=O) groups excluding carboxylic acids is 2. The molecule has 30 heavy (non-hydrogen) atoms. The van der Waals surface area contributed by atoms with Gasteiger partial charge >= 0.3 is 5.92 Å². The lowest BCUT2D eigenvalue weighted by atomic mass is 10.1. The first kappa shape index (κ1) is 23.1. The SMILES string of the molecule is C=C(C)C(F)(F)COc1ncc(C(C)NC(=O)c2ccnc(NC(C)=O)n2)cc1Cl. The Hall–Kier alpha value is -3.14. The first-order valence-corrected chi connectivity index (χ1v) is 9.11. The van der Waals surface area contributed by atoms with Crippen LogP contribution in [0, 0.1) is 0 Å². The molecule has 0 saturated carbocycles. The molecule has 0 radical (unpaired) electrons. The lowest BCUT2D eigenvalue weighted by Gasteiger charge is -2.18. The number of ether oxygens (including phenoxy) is 1. The van der Waals surface area contributed by atoms with E-state index < -0.39 is 24.5 Å². The predicted octanol–water partition coefficient (Wildman–Crippen LogP) is 3.56. The molecule has 2 aromatic heterocycles. The molecule has 160 valence electrons. The standard InChI is InChI=1S/C19H20ClF2N5O3/c1-10(2)19(21,22)9-30-17-14(20)7-13(8-24-17)11(3)25-16(29)15-5-6-23-18(27-15)26-12(4)28/h5-8,11H,1,9H2,2-4H3,(H,25,29)(H,23,26,27,28). The number of hydrogen-bond donors (Lipinski definition) is 2. The van der Waals surface area contributed by atoms with Gasteiger partial charge in [-0.05, 0) is 37.1 Å². The van der Waals surface area contributed by atoms with Gasteiger partial charge in [-0.15, -0.1) is 0 Å². The monoisotopic (exact) mass is 439 g/mol. The summed E-state index contributed by atoms with van der Waals surface area (Å²) in [7, 11) is 0. The summed E-state index contributed by atoms with van der Waals surface area (Å²) in [6.45, 7) is 6.45. The van der Waals surface area contributed by atoms with Crippen molar-refractivity contribution >= 4 is 29.4 Å². The Morgan fingerprint density at radius 1 is 1.33 bits per heavy atom. The average molecular weight is 440 g/mol. The van der Waals surface area contributed by atoms with E-state index in [2.05, 4.69) is 32.2 Å². The maximum absolute atomic E-state index is 13.6. The number of aromatic nitrogens is 3. The minimum Gasteiger partial charge on any atom is -0.470 e. The minimum atomic E-state index is -3.21. The number of nitrogens with zero attached hydrogens (tertiary/aromatic N) is 3. The van der Waals surface area contributed by atoms with Gasteiger partial charge in [-0.25, -0.2) is 15.0 Å². The molecule has 2 aromatic rings. The van der Waals surface area contributed by atoms with Crippen LogP contribution in [0.1, 0.15) is 42.9 Å². The summed E-state index contributed by atoms with van der Waals surface area (Å²) in [6.07, 6.45) is 2.69. The molecule has 0 aliphatic heterocycles. The van der Waals surface area contributed by atoms with Gasteiger partial charge in [0.1, 0.15) is 10.7 Å². The number of carbonyl (C=O) groups is 2. The van der Waals surface area contributed by atoms with Crippen LogP contribution in [0.4, 0.5) is 14.7 Å². The van der Waals surface area contributed by atoms with E-state index in [1.54, 1.807) is 6.92 Å². The molecular formula is C19H20ClF2N5O3. The molecule has 0 saturated heterocycles. The third kappa shape index (κ3) is 6.18. The van der Waals surface area contributed by atoms with Crippen molar-refractivity contribution in [2.45, 2.75) is 32.7 Å². The Morgan fingerprint density at radius 3 is 2.63 bits per heavy atom. The molecular weight excluding hydrogens is 420 g/mol. The Labute approximate surface area is 176 Å². The molecule has 2 N–H and O–H groups in total.